The van der Waals surface area contributed by atoms with Gasteiger partial charge in [-0.3, -0.25) is 0 Å². The molecule has 0 aliphatic carbocycles. The highest BCUT2D eigenvalue weighted by Gasteiger charge is 2.18. The maximum absolute atomic E-state index is 10.6. The summed E-state index contributed by atoms with van der Waals surface area (Å²) in [6.45, 7) is 0.255. The molecule has 1 rings (SSSR count). The first kappa shape index (κ1) is 10.3. The molecule has 13 heavy (non-hydrogen) atoms. The molecule has 1 aromatic carbocycles. The van der Waals surface area contributed by atoms with E-state index in [0.717, 1.165) is 5.56 Å². The van der Waals surface area contributed by atoms with Gasteiger partial charge < -0.3 is 0 Å². The van der Waals surface area contributed by atoms with E-state index in [1.807, 2.05) is 30.3 Å². The molecule has 0 heterocycles. The molecule has 0 aliphatic rings. The molecule has 0 spiro atoms. The molecule has 0 aromatic heterocycles. The molecule has 0 bridgehead atoms. The van der Waals surface area contributed by atoms with Crippen molar-refractivity contribution in [1.82, 2.24) is 0 Å². The zero-order valence-corrected chi connectivity index (χ0v) is 8.07. The Morgan fingerprint density at radius 1 is 1.31 bits per heavy atom. The average molecular weight is 201 g/mol. The lowest BCUT2D eigenvalue weighted by Gasteiger charge is -1.94. The molecule has 1 aromatic rings. The van der Waals surface area contributed by atoms with Crippen LogP contribution in [0.15, 0.2) is 30.3 Å². The van der Waals surface area contributed by atoms with E-state index in [1.54, 1.807) is 0 Å². The van der Waals surface area contributed by atoms with Gasteiger partial charge in [-0.15, -0.1) is 4.52 Å². The monoisotopic (exact) mass is 201 g/mol. The minimum atomic E-state index is -2.15. The third kappa shape index (κ3) is 4.10. The van der Waals surface area contributed by atoms with Crippen LogP contribution in [0.3, 0.4) is 0 Å². The first-order chi connectivity index (χ1) is 6.33. The van der Waals surface area contributed by atoms with E-state index in [2.05, 4.69) is 14.1 Å². The molecule has 1 unspecified atom stereocenters. The van der Waals surface area contributed by atoms with Crippen LogP contribution in [0, 0.1) is 0 Å². The minimum absolute atomic E-state index is 0.255. The van der Waals surface area contributed by atoms with Gasteiger partial charge in [0.1, 0.15) is 6.61 Å². The van der Waals surface area contributed by atoms with Crippen LogP contribution in [0.1, 0.15) is 5.56 Å². The molecular weight excluding hydrogens is 191 g/mol. The minimum Gasteiger partial charge on any atom is -0.182 e. The van der Waals surface area contributed by atoms with Crippen molar-refractivity contribution < 1.29 is 18.7 Å². The normalized spacial score (nSPS) is 11.3. The van der Waals surface area contributed by atoms with E-state index < -0.39 is 8.25 Å². The van der Waals surface area contributed by atoms with Gasteiger partial charge >= 0.3 is 8.25 Å². The molecule has 0 saturated heterocycles. The lowest BCUT2D eigenvalue weighted by Crippen LogP contribution is -1.89. The van der Waals surface area contributed by atoms with Crippen LogP contribution in [0.4, 0.5) is 0 Å². The average Bonchev–Trinajstić information content (AvgIpc) is 2.19. The van der Waals surface area contributed by atoms with Crippen LogP contribution in [-0.4, -0.2) is 7.11 Å². The molecule has 0 saturated carbocycles. The lowest BCUT2D eigenvalue weighted by molar-refractivity contribution is -0.219. The van der Waals surface area contributed by atoms with E-state index in [-0.39, 0.29) is 6.61 Å². The number of rotatable bonds is 5. The molecule has 1 atom stereocenters. The van der Waals surface area contributed by atoms with Gasteiger partial charge in [-0.05, 0) is 5.56 Å². The fourth-order valence-corrected chi connectivity index (χ4v) is 0.942. The molecule has 0 fully saturated rings. The Balaban J connectivity index is 2.24. The van der Waals surface area contributed by atoms with Gasteiger partial charge in [0.25, 0.3) is 0 Å². The zero-order valence-electron chi connectivity index (χ0n) is 7.17. The molecule has 5 heteroatoms. The van der Waals surface area contributed by atoms with Gasteiger partial charge in [-0.2, -0.15) is 4.89 Å². The van der Waals surface area contributed by atoms with Crippen LogP contribution < -0.4 is 0 Å². The van der Waals surface area contributed by atoms with Gasteiger partial charge in [0.15, 0.2) is 0 Å². The summed E-state index contributed by atoms with van der Waals surface area (Å²) in [5.41, 5.74) is 0.946. The third-order valence-corrected chi connectivity index (χ3v) is 1.86. The predicted octanol–water partition coefficient (Wildman–Crippen LogP) is 2.44. The van der Waals surface area contributed by atoms with Crippen molar-refractivity contribution >= 4 is 8.25 Å². The summed E-state index contributed by atoms with van der Waals surface area (Å²) in [5, 5.41) is 0. The Labute approximate surface area is 77.3 Å². The van der Waals surface area contributed by atoms with Gasteiger partial charge in [-0.1, -0.05) is 30.3 Å². The van der Waals surface area contributed by atoms with E-state index >= 15 is 0 Å². The van der Waals surface area contributed by atoms with Crippen molar-refractivity contribution in [2.75, 3.05) is 7.11 Å². The van der Waals surface area contributed by atoms with Crippen molar-refractivity contribution in [3.63, 3.8) is 0 Å². The van der Waals surface area contributed by atoms with Gasteiger partial charge in [0, 0.05) is 4.57 Å². The van der Waals surface area contributed by atoms with Crippen LogP contribution in [-0.2, 0) is 25.3 Å². The van der Waals surface area contributed by atoms with Crippen molar-refractivity contribution in [2.45, 2.75) is 6.61 Å². The molecule has 0 aliphatic heterocycles. The van der Waals surface area contributed by atoms with Crippen molar-refractivity contribution in [2.24, 2.45) is 0 Å². The Morgan fingerprint density at radius 3 is 2.62 bits per heavy atom. The highest BCUT2D eigenvalue weighted by Crippen LogP contribution is 2.22. The summed E-state index contributed by atoms with van der Waals surface area (Å²) in [6.07, 6.45) is 0. The van der Waals surface area contributed by atoms with Crippen LogP contribution >= 0.6 is 8.25 Å². The molecule has 0 radical (unpaired) electrons. The highest BCUT2D eigenvalue weighted by atomic mass is 31.1. The topological polar surface area (TPSA) is 44.8 Å². The predicted molar refractivity (Wildman–Crippen MR) is 46.9 cm³/mol. The Hall–Kier alpha value is -0.800. The SMILES string of the molecule is CO[P+](=O)OOCc1ccccc1. The van der Waals surface area contributed by atoms with E-state index in [9.17, 15) is 4.57 Å². The van der Waals surface area contributed by atoms with Crippen molar-refractivity contribution in [3.8, 4) is 0 Å². The first-order valence-corrected chi connectivity index (χ1v) is 4.77. The second-order valence-electron chi connectivity index (χ2n) is 2.23. The van der Waals surface area contributed by atoms with Crippen LogP contribution in [0.2, 0.25) is 0 Å². The second-order valence-corrected chi connectivity index (χ2v) is 3.19. The van der Waals surface area contributed by atoms with E-state index in [0.29, 0.717) is 0 Å². The number of hydrogen-bond acceptors (Lipinski definition) is 4. The van der Waals surface area contributed by atoms with Gasteiger partial charge in [0.2, 0.25) is 0 Å². The molecular formula is C8H10O4P+. The summed E-state index contributed by atoms with van der Waals surface area (Å²) in [6, 6.07) is 9.43. The van der Waals surface area contributed by atoms with E-state index in [1.165, 1.54) is 7.11 Å². The lowest BCUT2D eigenvalue weighted by atomic mass is 10.2. The Morgan fingerprint density at radius 2 is 2.00 bits per heavy atom. The van der Waals surface area contributed by atoms with Crippen LogP contribution in [0.5, 0.6) is 0 Å². The maximum atomic E-state index is 10.6. The molecule has 0 N–H and O–H groups in total. The summed E-state index contributed by atoms with van der Waals surface area (Å²) < 4.78 is 19.3. The van der Waals surface area contributed by atoms with Crippen molar-refractivity contribution in [1.29, 1.82) is 0 Å². The summed E-state index contributed by atoms with van der Waals surface area (Å²) in [7, 11) is -0.865. The molecule has 4 nitrogen and oxygen atoms in total. The van der Waals surface area contributed by atoms with Crippen LogP contribution in [0.25, 0.3) is 0 Å². The number of hydrogen-bond donors (Lipinski definition) is 0. The molecule has 70 valence electrons. The van der Waals surface area contributed by atoms with Crippen molar-refractivity contribution in [3.05, 3.63) is 35.9 Å². The summed E-state index contributed by atoms with van der Waals surface area (Å²) in [4.78, 5) is 4.66. The quantitative estimate of drug-likeness (QED) is 0.417. The standard InChI is InChI=1S/C8H10O4P/c1-10-13(9)12-11-7-8-5-3-2-4-6-8/h2-6H,7H2,1H3/q+1. The first-order valence-electron chi connectivity index (χ1n) is 3.68. The fraction of sp³-hybridized carbons (Fsp3) is 0.250. The highest BCUT2D eigenvalue weighted by molar-refractivity contribution is 7.33. The van der Waals surface area contributed by atoms with E-state index in [4.69, 9.17) is 0 Å². The van der Waals surface area contributed by atoms with Gasteiger partial charge in [0.05, 0.1) is 11.8 Å². The fourth-order valence-electron chi connectivity index (χ4n) is 0.742. The third-order valence-electron chi connectivity index (χ3n) is 1.33. The molecule has 0 amide bonds. The Kier molecular flexibility index (Phi) is 4.57. The summed E-state index contributed by atoms with van der Waals surface area (Å²) >= 11 is 0. The number of benzene rings is 1. The second kappa shape index (κ2) is 5.78. The van der Waals surface area contributed by atoms with Gasteiger partial charge in [-0.25, -0.2) is 0 Å². The summed E-state index contributed by atoms with van der Waals surface area (Å²) in [5.74, 6) is 0. The largest absolute Gasteiger partial charge is 0.728 e. The smallest absolute Gasteiger partial charge is 0.182 e. The maximum Gasteiger partial charge on any atom is 0.728 e. The zero-order chi connectivity index (χ0) is 9.52. The Bertz CT molecular complexity index is 262.